The van der Waals surface area contributed by atoms with E-state index in [1.807, 2.05) is 18.2 Å². The zero-order valence-electron chi connectivity index (χ0n) is 12.6. The van der Waals surface area contributed by atoms with Crippen molar-refractivity contribution in [3.05, 3.63) is 51.7 Å². The maximum absolute atomic E-state index is 12.8. The van der Waals surface area contributed by atoms with E-state index in [9.17, 15) is 13.6 Å². The van der Waals surface area contributed by atoms with Crippen LogP contribution >= 0.6 is 22.6 Å². The summed E-state index contributed by atoms with van der Waals surface area (Å²) >= 11 is 2.16. The lowest BCUT2D eigenvalue weighted by molar-refractivity contribution is 0.162. The van der Waals surface area contributed by atoms with Gasteiger partial charge in [-0.05, 0) is 52.4 Å². The molecule has 0 spiro atoms. The van der Waals surface area contributed by atoms with Gasteiger partial charge in [-0.2, -0.15) is 0 Å². The number of pyridine rings is 1. The smallest absolute Gasteiger partial charge is 0.319 e. The van der Waals surface area contributed by atoms with E-state index < -0.39 is 19.5 Å². The zero-order valence-corrected chi connectivity index (χ0v) is 14.8. The molecule has 8 heteroatoms. The first kappa shape index (κ1) is 18.4. The van der Waals surface area contributed by atoms with E-state index >= 15 is 0 Å². The molecule has 0 aliphatic rings. The fourth-order valence-electron chi connectivity index (χ4n) is 1.78. The summed E-state index contributed by atoms with van der Waals surface area (Å²) in [5.41, 5.74) is 1.42. The number of urea groups is 1. The SMILES string of the molecule is O=C(NCc1ccnc(OCC(F)CF)c1)Nc1cccc(I)c1. The summed E-state index contributed by atoms with van der Waals surface area (Å²) in [4.78, 5) is 15.8. The van der Waals surface area contributed by atoms with E-state index in [-0.39, 0.29) is 18.5 Å². The van der Waals surface area contributed by atoms with Crippen LogP contribution in [0.2, 0.25) is 0 Å². The highest BCUT2D eigenvalue weighted by atomic mass is 127. The molecule has 1 aromatic carbocycles. The highest BCUT2D eigenvalue weighted by Crippen LogP contribution is 2.13. The van der Waals surface area contributed by atoms with Crippen LogP contribution in [0.15, 0.2) is 42.6 Å². The van der Waals surface area contributed by atoms with Gasteiger partial charge < -0.3 is 15.4 Å². The van der Waals surface area contributed by atoms with Gasteiger partial charge in [0, 0.05) is 28.1 Å². The minimum absolute atomic E-state index is 0.184. The topological polar surface area (TPSA) is 63.2 Å². The Morgan fingerprint density at radius 3 is 2.92 bits per heavy atom. The summed E-state index contributed by atoms with van der Waals surface area (Å²) in [5.74, 6) is 0.184. The molecule has 2 N–H and O–H groups in total. The van der Waals surface area contributed by atoms with Gasteiger partial charge in [0.2, 0.25) is 5.88 Å². The fraction of sp³-hybridized carbons (Fsp3) is 0.250. The molecule has 0 aliphatic heterocycles. The van der Waals surface area contributed by atoms with Crippen LogP contribution < -0.4 is 15.4 Å². The Kier molecular flexibility index (Phi) is 7.16. The molecular weight excluding hydrogens is 431 g/mol. The lowest BCUT2D eigenvalue weighted by atomic mass is 10.2. The number of amides is 2. The first-order valence-electron chi connectivity index (χ1n) is 7.15. The van der Waals surface area contributed by atoms with Gasteiger partial charge in [-0.15, -0.1) is 0 Å². The summed E-state index contributed by atoms with van der Waals surface area (Å²) in [6, 6.07) is 10.3. The molecule has 1 unspecified atom stereocenters. The fourth-order valence-corrected chi connectivity index (χ4v) is 2.33. The summed E-state index contributed by atoms with van der Waals surface area (Å²) in [5, 5.41) is 5.42. The number of nitrogens with one attached hydrogen (secondary N) is 2. The van der Waals surface area contributed by atoms with Crippen molar-refractivity contribution in [2.24, 2.45) is 0 Å². The average molecular weight is 447 g/mol. The largest absolute Gasteiger partial charge is 0.474 e. The predicted molar refractivity (Wildman–Crippen MR) is 95.6 cm³/mol. The van der Waals surface area contributed by atoms with Crippen LogP contribution in [0.4, 0.5) is 19.3 Å². The van der Waals surface area contributed by atoms with Gasteiger partial charge in [-0.3, -0.25) is 0 Å². The molecule has 128 valence electrons. The third kappa shape index (κ3) is 6.26. The minimum Gasteiger partial charge on any atom is -0.474 e. The third-order valence-corrected chi connectivity index (χ3v) is 3.59. The van der Waals surface area contributed by atoms with Crippen LogP contribution in [0.5, 0.6) is 5.88 Å². The molecule has 1 aromatic heterocycles. The van der Waals surface area contributed by atoms with E-state index in [1.54, 1.807) is 18.2 Å². The molecule has 0 aliphatic carbocycles. The molecule has 2 aromatic rings. The van der Waals surface area contributed by atoms with E-state index in [4.69, 9.17) is 4.74 Å². The molecule has 1 heterocycles. The van der Waals surface area contributed by atoms with Crippen molar-refractivity contribution in [3.63, 3.8) is 0 Å². The van der Waals surface area contributed by atoms with Crippen LogP contribution in [-0.4, -0.2) is 30.5 Å². The lowest BCUT2D eigenvalue weighted by Crippen LogP contribution is -2.28. The molecule has 0 bridgehead atoms. The van der Waals surface area contributed by atoms with Gasteiger partial charge in [0.15, 0.2) is 6.17 Å². The van der Waals surface area contributed by atoms with Crippen LogP contribution in [0.1, 0.15) is 5.56 Å². The highest BCUT2D eigenvalue weighted by molar-refractivity contribution is 14.1. The van der Waals surface area contributed by atoms with Crippen LogP contribution in [0.25, 0.3) is 0 Å². The first-order valence-corrected chi connectivity index (χ1v) is 8.23. The van der Waals surface area contributed by atoms with Gasteiger partial charge >= 0.3 is 6.03 Å². The standard InChI is InChI=1S/C16H16F2IN3O2/c17-8-12(18)10-24-15-6-11(4-5-20-15)9-21-16(23)22-14-3-1-2-13(19)7-14/h1-7,12H,8-10H2,(H2,21,22,23). The Balaban J connectivity index is 1.84. The maximum atomic E-state index is 12.8. The Hall–Kier alpha value is -1.97. The van der Waals surface area contributed by atoms with E-state index in [1.165, 1.54) is 6.20 Å². The Bertz CT molecular complexity index is 688. The minimum atomic E-state index is -1.67. The maximum Gasteiger partial charge on any atom is 0.319 e. The number of rotatable bonds is 7. The number of aromatic nitrogens is 1. The Labute approximate surface area is 152 Å². The monoisotopic (exact) mass is 447 g/mol. The van der Waals surface area contributed by atoms with Gasteiger partial charge in [0.25, 0.3) is 0 Å². The summed E-state index contributed by atoms with van der Waals surface area (Å²) in [6.45, 7) is -1.25. The van der Waals surface area contributed by atoms with Gasteiger partial charge in [0.05, 0.1) is 0 Å². The van der Waals surface area contributed by atoms with Crippen LogP contribution in [0.3, 0.4) is 0 Å². The second-order valence-electron chi connectivity index (χ2n) is 4.88. The molecule has 24 heavy (non-hydrogen) atoms. The number of carbonyl (C=O) groups excluding carboxylic acids is 1. The summed E-state index contributed by atoms with van der Waals surface area (Å²) < 4.78 is 30.9. The molecule has 0 radical (unpaired) electrons. The zero-order chi connectivity index (χ0) is 17.4. The van der Waals surface area contributed by atoms with Crippen LogP contribution in [-0.2, 0) is 6.54 Å². The van der Waals surface area contributed by atoms with Crippen molar-refractivity contribution in [3.8, 4) is 5.88 Å². The van der Waals surface area contributed by atoms with Gasteiger partial charge in [-0.1, -0.05) is 6.07 Å². The third-order valence-electron chi connectivity index (χ3n) is 2.91. The van der Waals surface area contributed by atoms with E-state index in [0.29, 0.717) is 5.69 Å². The summed E-state index contributed by atoms with van der Waals surface area (Å²) in [6.07, 6.45) is -0.194. The molecule has 5 nitrogen and oxygen atoms in total. The van der Waals surface area contributed by atoms with Crippen molar-refractivity contribution in [1.82, 2.24) is 10.3 Å². The second kappa shape index (κ2) is 9.36. The van der Waals surface area contributed by atoms with E-state index in [0.717, 1.165) is 9.13 Å². The molecule has 2 amide bonds. The van der Waals surface area contributed by atoms with Crippen molar-refractivity contribution >= 4 is 34.3 Å². The molecule has 0 saturated heterocycles. The van der Waals surface area contributed by atoms with Crippen LogP contribution in [0, 0.1) is 3.57 Å². The van der Waals surface area contributed by atoms with Gasteiger partial charge in [0.1, 0.15) is 13.3 Å². The molecule has 2 rings (SSSR count). The first-order chi connectivity index (χ1) is 11.6. The quantitative estimate of drug-likeness (QED) is 0.637. The molecule has 0 fully saturated rings. The number of carbonyl (C=O) groups is 1. The summed E-state index contributed by atoms with van der Waals surface area (Å²) in [7, 11) is 0. The Morgan fingerprint density at radius 2 is 2.17 bits per heavy atom. The molecule has 0 saturated carbocycles. The number of hydrogen-bond donors (Lipinski definition) is 2. The molecule has 1 atom stereocenters. The Morgan fingerprint density at radius 1 is 1.33 bits per heavy atom. The number of nitrogens with zero attached hydrogens (tertiary/aromatic N) is 1. The van der Waals surface area contributed by atoms with Crippen molar-refractivity contribution in [2.75, 3.05) is 18.6 Å². The van der Waals surface area contributed by atoms with Gasteiger partial charge in [-0.25, -0.2) is 18.6 Å². The number of ether oxygens (including phenoxy) is 1. The number of hydrogen-bond acceptors (Lipinski definition) is 3. The lowest BCUT2D eigenvalue weighted by Gasteiger charge is -2.10. The highest BCUT2D eigenvalue weighted by Gasteiger charge is 2.08. The number of halogens is 3. The normalized spacial score (nSPS) is 11.6. The molecular formula is C16H16F2IN3O2. The van der Waals surface area contributed by atoms with Crippen molar-refractivity contribution in [2.45, 2.75) is 12.7 Å². The van der Waals surface area contributed by atoms with Crippen molar-refractivity contribution in [1.29, 1.82) is 0 Å². The number of benzene rings is 1. The van der Waals surface area contributed by atoms with Crippen molar-refractivity contribution < 1.29 is 18.3 Å². The average Bonchev–Trinajstić information content (AvgIpc) is 2.58. The predicted octanol–water partition coefficient (Wildman–Crippen LogP) is 3.69. The van der Waals surface area contributed by atoms with E-state index in [2.05, 4.69) is 38.2 Å². The number of alkyl halides is 2. The number of anilines is 1. The second-order valence-corrected chi connectivity index (χ2v) is 6.13.